The van der Waals surface area contributed by atoms with E-state index in [1.54, 1.807) is 34.6 Å². The molecule has 0 aromatic carbocycles. The maximum atomic E-state index is 9.81. The Labute approximate surface area is 196 Å². The maximum absolute atomic E-state index is 9.81. The average Bonchev–Trinajstić information content (AvgIpc) is 2.62. The van der Waals surface area contributed by atoms with Crippen molar-refractivity contribution in [2.75, 3.05) is 72.1 Å². The molecular weight excluding hydrogens is 414 g/mol. The molecule has 0 rings (SSSR count). The molecule has 0 heterocycles. The molecule has 0 aromatic rings. The van der Waals surface area contributed by atoms with E-state index in [0.29, 0.717) is 58.9 Å². The fraction of sp³-hybridized carbons (Fsp3) is 1.00. The maximum Gasteiger partial charge on any atom is 0.0639 e. The molecule has 0 bridgehead atoms. The van der Waals surface area contributed by atoms with Gasteiger partial charge in [-0.15, -0.1) is 0 Å². The Kier molecular flexibility index (Phi) is 22.4. The molecule has 5 N–H and O–H groups in total. The molecule has 5 unspecified atom stereocenters. The van der Waals surface area contributed by atoms with E-state index in [-0.39, 0.29) is 0 Å². The van der Waals surface area contributed by atoms with Gasteiger partial charge in [-0.2, -0.15) is 0 Å². The van der Waals surface area contributed by atoms with Gasteiger partial charge in [0.15, 0.2) is 0 Å². The fourth-order valence-electron chi connectivity index (χ4n) is 3.45. The lowest BCUT2D eigenvalue weighted by Gasteiger charge is -2.32. The van der Waals surface area contributed by atoms with Crippen LogP contribution in [0.2, 0.25) is 0 Å². The van der Waals surface area contributed by atoms with Crippen LogP contribution in [-0.4, -0.2) is 143 Å². The minimum absolute atomic E-state index is 0.464. The van der Waals surface area contributed by atoms with Gasteiger partial charge in [-0.1, -0.05) is 0 Å². The van der Waals surface area contributed by atoms with E-state index in [9.17, 15) is 25.5 Å². The Balaban J connectivity index is 0. The Hall–Kier alpha value is -0.360. The summed E-state index contributed by atoms with van der Waals surface area (Å²) in [5.41, 5.74) is 0. The van der Waals surface area contributed by atoms with Gasteiger partial charge < -0.3 is 30.3 Å². The summed E-state index contributed by atoms with van der Waals surface area (Å²) in [6.07, 6.45) is -2.35. The van der Waals surface area contributed by atoms with E-state index in [2.05, 4.69) is 4.90 Å². The predicted octanol–water partition coefficient (Wildman–Crippen LogP) is -0.161. The third-order valence-corrected chi connectivity index (χ3v) is 4.49. The SMILES string of the molecule is CC(O)CN(CCN(CC(C)O)CC(C)O)CCN(CC(C)O)CC(C)O.CCOCC. The largest absolute Gasteiger partial charge is 0.392 e. The number of aliphatic hydroxyl groups excluding tert-OH is 5. The smallest absolute Gasteiger partial charge is 0.0639 e. The van der Waals surface area contributed by atoms with Crippen LogP contribution in [-0.2, 0) is 4.74 Å². The highest BCUT2D eigenvalue weighted by molar-refractivity contribution is 4.72. The minimum atomic E-state index is -0.471. The Morgan fingerprint density at radius 3 is 0.875 bits per heavy atom. The zero-order chi connectivity index (χ0) is 25.1. The molecule has 9 nitrogen and oxygen atoms in total. The van der Waals surface area contributed by atoms with Crippen LogP contribution in [0.3, 0.4) is 0 Å². The van der Waals surface area contributed by atoms with Gasteiger partial charge in [-0.05, 0) is 48.5 Å². The van der Waals surface area contributed by atoms with Crippen LogP contribution < -0.4 is 0 Å². The Bertz CT molecular complexity index is 348. The lowest BCUT2D eigenvalue weighted by atomic mass is 10.2. The van der Waals surface area contributed by atoms with Crippen LogP contribution in [0.15, 0.2) is 0 Å². The second kappa shape index (κ2) is 21.2. The van der Waals surface area contributed by atoms with Gasteiger partial charge >= 0.3 is 0 Å². The van der Waals surface area contributed by atoms with Gasteiger partial charge in [0.25, 0.3) is 0 Å². The highest BCUT2D eigenvalue weighted by Gasteiger charge is 2.17. The second-order valence-electron chi connectivity index (χ2n) is 8.85. The molecule has 0 aliphatic rings. The monoisotopic (exact) mass is 467 g/mol. The number of hydrogen-bond acceptors (Lipinski definition) is 9. The second-order valence-corrected chi connectivity index (χ2v) is 8.85. The summed E-state index contributed by atoms with van der Waals surface area (Å²) in [5.74, 6) is 0. The predicted molar refractivity (Wildman–Crippen MR) is 130 cm³/mol. The first-order valence-electron chi connectivity index (χ1n) is 12.1. The molecule has 0 fully saturated rings. The molecule has 196 valence electrons. The number of ether oxygens (including phenoxy) is 1. The van der Waals surface area contributed by atoms with Crippen molar-refractivity contribution < 1.29 is 30.3 Å². The van der Waals surface area contributed by atoms with Gasteiger partial charge in [0.2, 0.25) is 0 Å². The quantitative estimate of drug-likeness (QED) is 0.187. The first kappa shape index (κ1) is 33.8. The number of aliphatic hydroxyl groups is 5. The minimum Gasteiger partial charge on any atom is -0.392 e. The van der Waals surface area contributed by atoms with Crippen molar-refractivity contribution in [2.45, 2.75) is 79.0 Å². The van der Waals surface area contributed by atoms with E-state index >= 15 is 0 Å². The molecule has 0 aromatic heterocycles. The summed E-state index contributed by atoms with van der Waals surface area (Å²) in [7, 11) is 0. The molecule has 9 heteroatoms. The van der Waals surface area contributed by atoms with Crippen LogP contribution in [0.4, 0.5) is 0 Å². The molecule has 5 atom stereocenters. The summed E-state index contributed by atoms with van der Waals surface area (Å²) in [5, 5.41) is 48.4. The van der Waals surface area contributed by atoms with Gasteiger partial charge in [0.1, 0.15) is 0 Å². The number of nitrogens with zero attached hydrogens (tertiary/aromatic N) is 3. The normalized spacial score (nSPS) is 16.6. The zero-order valence-corrected chi connectivity index (χ0v) is 21.7. The van der Waals surface area contributed by atoms with Crippen molar-refractivity contribution in [3.63, 3.8) is 0 Å². The standard InChI is InChI=1S/C19H43N3O5.C4H10O/c1-15(23)10-20(6-8-21(11-16(2)24)12-17(3)25)7-9-22(13-18(4)26)14-19(5)27;1-3-5-4-2/h15-19,23-27H,6-14H2,1-5H3;3-4H2,1-2H3. The number of rotatable bonds is 18. The van der Waals surface area contributed by atoms with Gasteiger partial charge in [0, 0.05) is 72.1 Å². The Morgan fingerprint density at radius 1 is 0.469 bits per heavy atom. The summed E-state index contributed by atoms with van der Waals surface area (Å²) in [6.45, 7) is 19.6. The van der Waals surface area contributed by atoms with E-state index in [0.717, 1.165) is 13.2 Å². The van der Waals surface area contributed by atoms with E-state index in [1.807, 2.05) is 23.6 Å². The topological polar surface area (TPSA) is 120 Å². The van der Waals surface area contributed by atoms with Crippen molar-refractivity contribution in [3.05, 3.63) is 0 Å². The van der Waals surface area contributed by atoms with Crippen LogP contribution >= 0.6 is 0 Å². The van der Waals surface area contributed by atoms with Crippen LogP contribution in [0.1, 0.15) is 48.5 Å². The fourth-order valence-corrected chi connectivity index (χ4v) is 3.45. The highest BCUT2D eigenvalue weighted by Crippen LogP contribution is 2.02. The molecular formula is C23H53N3O6. The van der Waals surface area contributed by atoms with Gasteiger partial charge in [-0.3, -0.25) is 14.7 Å². The zero-order valence-electron chi connectivity index (χ0n) is 21.7. The third-order valence-electron chi connectivity index (χ3n) is 4.49. The lowest BCUT2D eigenvalue weighted by Crippen LogP contribution is -2.46. The molecule has 0 aliphatic heterocycles. The first-order chi connectivity index (χ1) is 14.9. The van der Waals surface area contributed by atoms with E-state index in [1.165, 1.54) is 0 Å². The summed E-state index contributed by atoms with van der Waals surface area (Å²) in [6, 6.07) is 0. The van der Waals surface area contributed by atoms with Crippen LogP contribution in [0, 0.1) is 0 Å². The first-order valence-corrected chi connectivity index (χ1v) is 12.1. The highest BCUT2D eigenvalue weighted by atomic mass is 16.5. The lowest BCUT2D eigenvalue weighted by molar-refractivity contribution is 0.0555. The van der Waals surface area contributed by atoms with Gasteiger partial charge in [0.05, 0.1) is 30.5 Å². The molecule has 0 aliphatic carbocycles. The summed E-state index contributed by atoms with van der Waals surface area (Å²) < 4.78 is 4.83. The molecule has 32 heavy (non-hydrogen) atoms. The van der Waals surface area contributed by atoms with Crippen molar-refractivity contribution >= 4 is 0 Å². The molecule has 0 spiro atoms. The number of hydrogen-bond donors (Lipinski definition) is 5. The van der Waals surface area contributed by atoms with Crippen molar-refractivity contribution in [1.29, 1.82) is 0 Å². The van der Waals surface area contributed by atoms with E-state index in [4.69, 9.17) is 4.74 Å². The third kappa shape index (κ3) is 24.3. The Morgan fingerprint density at radius 2 is 0.688 bits per heavy atom. The van der Waals surface area contributed by atoms with Crippen LogP contribution in [0.5, 0.6) is 0 Å². The van der Waals surface area contributed by atoms with E-state index < -0.39 is 30.5 Å². The molecule has 0 saturated heterocycles. The molecule has 0 radical (unpaired) electrons. The summed E-state index contributed by atoms with van der Waals surface area (Å²) in [4.78, 5) is 6.18. The van der Waals surface area contributed by atoms with Gasteiger partial charge in [-0.25, -0.2) is 0 Å². The molecule has 0 amide bonds. The van der Waals surface area contributed by atoms with Crippen molar-refractivity contribution in [3.8, 4) is 0 Å². The van der Waals surface area contributed by atoms with Crippen molar-refractivity contribution in [2.24, 2.45) is 0 Å². The average molecular weight is 468 g/mol. The van der Waals surface area contributed by atoms with Crippen LogP contribution in [0.25, 0.3) is 0 Å². The van der Waals surface area contributed by atoms with Crippen molar-refractivity contribution in [1.82, 2.24) is 14.7 Å². The molecule has 0 saturated carbocycles. The summed E-state index contributed by atoms with van der Waals surface area (Å²) >= 11 is 0.